The van der Waals surface area contributed by atoms with E-state index in [0.717, 1.165) is 49.5 Å². The van der Waals surface area contributed by atoms with E-state index in [0.29, 0.717) is 0 Å². The Morgan fingerprint density at radius 1 is 1.10 bits per heavy atom. The number of benzene rings is 2. The van der Waals surface area contributed by atoms with Gasteiger partial charge in [-0.2, -0.15) is 0 Å². The first kappa shape index (κ1) is 21.0. The topological polar surface area (TPSA) is 44.8 Å². The van der Waals surface area contributed by atoms with Crippen molar-refractivity contribution in [3.63, 3.8) is 0 Å². The van der Waals surface area contributed by atoms with Gasteiger partial charge >= 0.3 is 0 Å². The van der Waals surface area contributed by atoms with E-state index >= 15 is 0 Å². The van der Waals surface area contributed by atoms with E-state index in [2.05, 4.69) is 41.2 Å². The first-order valence-corrected chi connectivity index (χ1v) is 10.6. The van der Waals surface area contributed by atoms with Gasteiger partial charge < -0.3 is 19.9 Å². The van der Waals surface area contributed by atoms with E-state index in [9.17, 15) is 4.79 Å². The summed E-state index contributed by atoms with van der Waals surface area (Å²) in [7, 11) is 3.78. The average Bonchev–Trinajstić information content (AvgIpc) is 2.78. The molecule has 1 N–H and O–H groups in total. The van der Waals surface area contributed by atoms with Crippen LogP contribution in [0.25, 0.3) is 0 Å². The maximum Gasteiger partial charge on any atom is 0.251 e. The number of nitrogens with zero attached hydrogens (tertiary/aromatic N) is 2. The molecule has 3 rings (SSSR count). The zero-order chi connectivity index (χ0) is 20.6. The van der Waals surface area contributed by atoms with Gasteiger partial charge in [0, 0.05) is 49.7 Å². The number of rotatable bonds is 8. The van der Waals surface area contributed by atoms with Crippen molar-refractivity contribution in [1.29, 1.82) is 0 Å². The van der Waals surface area contributed by atoms with Crippen molar-refractivity contribution in [3.05, 3.63) is 54.1 Å². The number of carbonyl (C=O) groups is 1. The summed E-state index contributed by atoms with van der Waals surface area (Å²) < 4.78 is 5.23. The normalized spacial score (nSPS) is 14.5. The lowest BCUT2D eigenvalue weighted by Crippen LogP contribution is -2.44. The van der Waals surface area contributed by atoms with Crippen LogP contribution >= 0.6 is 0 Å². The molecule has 29 heavy (non-hydrogen) atoms. The molecule has 0 atom stereocenters. The Morgan fingerprint density at radius 2 is 1.76 bits per heavy atom. The van der Waals surface area contributed by atoms with Crippen molar-refractivity contribution in [3.8, 4) is 5.75 Å². The van der Waals surface area contributed by atoms with Gasteiger partial charge in [0.05, 0.1) is 7.11 Å². The highest BCUT2D eigenvalue weighted by atomic mass is 16.5. The molecular weight excluding hydrogens is 362 g/mol. The quantitative estimate of drug-likeness (QED) is 0.723. The van der Waals surface area contributed by atoms with Crippen LogP contribution in [0.15, 0.2) is 48.5 Å². The molecule has 1 fully saturated rings. The first-order chi connectivity index (χ1) is 14.1. The van der Waals surface area contributed by atoms with Crippen LogP contribution in [0, 0.1) is 0 Å². The van der Waals surface area contributed by atoms with Crippen LogP contribution in [0.5, 0.6) is 5.75 Å². The Kier molecular flexibility index (Phi) is 7.39. The zero-order valence-electron chi connectivity index (χ0n) is 17.9. The van der Waals surface area contributed by atoms with Crippen LogP contribution in [-0.4, -0.2) is 45.7 Å². The number of amides is 1. The van der Waals surface area contributed by atoms with Crippen LogP contribution in [0.2, 0.25) is 0 Å². The molecule has 0 aliphatic carbocycles. The molecule has 1 aliphatic rings. The van der Waals surface area contributed by atoms with Crippen molar-refractivity contribution in [2.75, 3.05) is 43.6 Å². The predicted molar refractivity (Wildman–Crippen MR) is 120 cm³/mol. The van der Waals surface area contributed by atoms with Gasteiger partial charge in [-0.05, 0) is 67.8 Å². The second-order valence-electron chi connectivity index (χ2n) is 7.75. The average molecular weight is 396 g/mol. The molecule has 0 aromatic heterocycles. The van der Waals surface area contributed by atoms with E-state index in [1.54, 1.807) is 7.11 Å². The number of hydrogen-bond donors (Lipinski definition) is 1. The number of nitrogens with one attached hydrogen (secondary N) is 1. The highest BCUT2D eigenvalue weighted by Crippen LogP contribution is 2.23. The van der Waals surface area contributed by atoms with Crippen molar-refractivity contribution in [1.82, 2.24) is 5.32 Å². The molecular formula is C24H33N3O2. The monoisotopic (exact) mass is 395 g/mol. The van der Waals surface area contributed by atoms with Crippen molar-refractivity contribution in [2.45, 2.75) is 38.6 Å². The molecule has 0 radical (unpaired) electrons. The fourth-order valence-electron chi connectivity index (χ4n) is 3.74. The fourth-order valence-corrected chi connectivity index (χ4v) is 3.74. The Bertz CT molecular complexity index is 766. The van der Waals surface area contributed by atoms with Gasteiger partial charge in [-0.1, -0.05) is 13.3 Å². The number of methoxy groups -OCH3 is 1. The van der Waals surface area contributed by atoms with Crippen molar-refractivity contribution < 1.29 is 9.53 Å². The molecule has 2 aromatic carbocycles. The van der Waals surface area contributed by atoms with E-state index in [1.807, 2.05) is 36.4 Å². The number of carbonyl (C=O) groups excluding carboxylic acids is 1. The van der Waals surface area contributed by atoms with Crippen LogP contribution < -0.4 is 19.9 Å². The molecule has 0 unspecified atom stereocenters. The summed E-state index contributed by atoms with van der Waals surface area (Å²) >= 11 is 0. The minimum absolute atomic E-state index is 0.0238. The molecule has 0 saturated carbocycles. The standard InChI is InChI=1S/C24H33N3O2/c1-4-5-16-26(2)21-8-6-19(7-9-21)24(28)25-20-14-17-27(18-15-20)22-10-12-23(29-3)13-11-22/h6-13,20H,4-5,14-18H2,1-3H3,(H,25,28). The van der Waals surface area contributed by atoms with E-state index in [1.165, 1.54) is 18.5 Å². The van der Waals surface area contributed by atoms with E-state index in [-0.39, 0.29) is 11.9 Å². The number of unbranched alkanes of at least 4 members (excludes halogenated alkanes) is 1. The minimum atomic E-state index is 0.0238. The summed E-state index contributed by atoms with van der Waals surface area (Å²) in [4.78, 5) is 17.2. The fraction of sp³-hybridized carbons (Fsp3) is 0.458. The van der Waals surface area contributed by atoms with Gasteiger partial charge in [0.1, 0.15) is 5.75 Å². The molecule has 0 bridgehead atoms. The summed E-state index contributed by atoms with van der Waals surface area (Å²) in [6.07, 6.45) is 4.27. The maximum atomic E-state index is 12.6. The highest BCUT2D eigenvalue weighted by Gasteiger charge is 2.21. The van der Waals surface area contributed by atoms with Crippen LogP contribution in [0.3, 0.4) is 0 Å². The molecule has 156 valence electrons. The van der Waals surface area contributed by atoms with Gasteiger partial charge in [0.2, 0.25) is 0 Å². The highest BCUT2D eigenvalue weighted by molar-refractivity contribution is 5.94. The van der Waals surface area contributed by atoms with Gasteiger partial charge in [-0.25, -0.2) is 0 Å². The van der Waals surface area contributed by atoms with Crippen molar-refractivity contribution >= 4 is 17.3 Å². The Morgan fingerprint density at radius 3 is 2.34 bits per heavy atom. The maximum absolute atomic E-state index is 12.6. The Balaban J connectivity index is 1.49. The summed E-state index contributed by atoms with van der Waals surface area (Å²) in [5.41, 5.74) is 3.09. The lowest BCUT2D eigenvalue weighted by molar-refractivity contribution is 0.0931. The molecule has 1 saturated heterocycles. The summed E-state index contributed by atoms with van der Waals surface area (Å²) in [5.74, 6) is 0.897. The second-order valence-corrected chi connectivity index (χ2v) is 7.75. The minimum Gasteiger partial charge on any atom is -0.497 e. The number of hydrogen-bond acceptors (Lipinski definition) is 4. The lowest BCUT2D eigenvalue weighted by Gasteiger charge is -2.34. The third-order valence-electron chi connectivity index (χ3n) is 5.69. The van der Waals surface area contributed by atoms with Crippen LogP contribution in [0.4, 0.5) is 11.4 Å². The summed E-state index contributed by atoms with van der Waals surface area (Å²) in [6.45, 7) is 5.12. The molecule has 0 spiro atoms. The molecule has 1 amide bonds. The number of ether oxygens (including phenoxy) is 1. The Hall–Kier alpha value is -2.69. The zero-order valence-corrected chi connectivity index (χ0v) is 17.9. The SMILES string of the molecule is CCCCN(C)c1ccc(C(=O)NC2CCN(c3ccc(OC)cc3)CC2)cc1. The van der Waals surface area contributed by atoms with E-state index < -0.39 is 0 Å². The van der Waals surface area contributed by atoms with E-state index in [4.69, 9.17) is 4.74 Å². The molecule has 1 aliphatic heterocycles. The number of piperidine rings is 1. The number of anilines is 2. The lowest BCUT2D eigenvalue weighted by atomic mass is 10.0. The van der Waals surface area contributed by atoms with Gasteiger partial charge in [-0.3, -0.25) is 4.79 Å². The van der Waals surface area contributed by atoms with Crippen molar-refractivity contribution in [2.24, 2.45) is 0 Å². The molecule has 5 nitrogen and oxygen atoms in total. The van der Waals surface area contributed by atoms with Crippen LogP contribution in [-0.2, 0) is 0 Å². The second kappa shape index (κ2) is 10.2. The molecule has 2 aromatic rings. The summed E-state index contributed by atoms with van der Waals surface area (Å²) in [6, 6.07) is 16.3. The third kappa shape index (κ3) is 5.66. The largest absolute Gasteiger partial charge is 0.497 e. The predicted octanol–water partition coefficient (Wildman–Crippen LogP) is 4.33. The van der Waals surface area contributed by atoms with Gasteiger partial charge in [0.15, 0.2) is 0 Å². The Labute approximate surface area is 174 Å². The molecule has 1 heterocycles. The van der Waals surface area contributed by atoms with Gasteiger partial charge in [-0.15, -0.1) is 0 Å². The molecule has 5 heteroatoms. The third-order valence-corrected chi connectivity index (χ3v) is 5.69. The first-order valence-electron chi connectivity index (χ1n) is 10.6. The smallest absolute Gasteiger partial charge is 0.251 e. The van der Waals surface area contributed by atoms with Gasteiger partial charge in [0.25, 0.3) is 5.91 Å². The van der Waals surface area contributed by atoms with Crippen LogP contribution in [0.1, 0.15) is 43.0 Å². The summed E-state index contributed by atoms with van der Waals surface area (Å²) in [5, 5.41) is 3.21.